The van der Waals surface area contributed by atoms with Gasteiger partial charge in [0.1, 0.15) is 16.3 Å². The zero-order valence-electron chi connectivity index (χ0n) is 17.8. The Labute approximate surface area is 197 Å². The van der Waals surface area contributed by atoms with Gasteiger partial charge in [0, 0.05) is 13.1 Å². The minimum Gasteiger partial charge on any atom is -0.478 e. The molecular weight excluding hydrogens is 462 g/mol. The Balaban J connectivity index is 1.59. The molecule has 0 saturated heterocycles. The number of sulfonamides is 1. The van der Waals surface area contributed by atoms with E-state index in [0.717, 1.165) is 6.42 Å². The number of rotatable bonds is 6. The van der Waals surface area contributed by atoms with E-state index < -0.39 is 16.0 Å². The van der Waals surface area contributed by atoms with Crippen molar-refractivity contribution < 1.29 is 18.3 Å². The fourth-order valence-corrected chi connectivity index (χ4v) is 5.39. The van der Waals surface area contributed by atoms with Gasteiger partial charge in [-0.2, -0.15) is 0 Å². The molecule has 0 saturated carbocycles. The van der Waals surface area contributed by atoms with Crippen molar-refractivity contribution in [3.63, 3.8) is 0 Å². The van der Waals surface area contributed by atoms with Gasteiger partial charge < -0.3 is 10.0 Å². The molecule has 7 nitrogen and oxygen atoms in total. The maximum Gasteiger partial charge on any atom is 0.339 e. The largest absolute Gasteiger partial charge is 0.478 e. The molecule has 0 radical (unpaired) electrons. The third-order valence-electron chi connectivity index (χ3n) is 5.48. The molecule has 0 amide bonds. The standard InChI is InChI=1S/C24H22ClN3O4S/c1-16-6-2-3-7-19(16)17-10-12-28(13-11-17)23-20(24(29)30)14-18(15-26-23)27-33(31,32)22-9-5-4-8-21(22)25/h2-10,14-15,27H,11-13H2,1H3,(H,29,30). The number of hydrogen-bond acceptors (Lipinski definition) is 5. The van der Waals surface area contributed by atoms with Gasteiger partial charge in [-0.3, -0.25) is 4.72 Å². The lowest BCUT2D eigenvalue weighted by Gasteiger charge is -2.29. The van der Waals surface area contributed by atoms with E-state index in [1.54, 1.807) is 12.1 Å². The topological polar surface area (TPSA) is 99.6 Å². The summed E-state index contributed by atoms with van der Waals surface area (Å²) in [6.07, 6.45) is 4.14. The zero-order valence-corrected chi connectivity index (χ0v) is 19.4. The van der Waals surface area contributed by atoms with Crippen LogP contribution < -0.4 is 9.62 Å². The Bertz CT molecular complexity index is 1360. The van der Waals surface area contributed by atoms with Gasteiger partial charge in [-0.1, -0.05) is 54.1 Å². The molecule has 3 aromatic rings. The molecule has 0 unspecified atom stereocenters. The monoisotopic (exact) mass is 483 g/mol. The van der Waals surface area contributed by atoms with E-state index in [2.05, 4.69) is 34.8 Å². The fourth-order valence-electron chi connectivity index (χ4n) is 3.83. The average Bonchev–Trinajstić information content (AvgIpc) is 2.79. The van der Waals surface area contributed by atoms with Crippen LogP contribution in [-0.2, 0) is 10.0 Å². The van der Waals surface area contributed by atoms with Crippen molar-refractivity contribution >= 4 is 44.7 Å². The maximum atomic E-state index is 12.7. The first-order valence-electron chi connectivity index (χ1n) is 10.3. The molecule has 2 heterocycles. The van der Waals surface area contributed by atoms with Crippen LogP contribution in [0.3, 0.4) is 0 Å². The summed E-state index contributed by atoms with van der Waals surface area (Å²) < 4.78 is 27.8. The molecule has 2 aromatic carbocycles. The minimum absolute atomic E-state index is 0.0456. The molecule has 0 bridgehead atoms. The van der Waals surface area contributed by atoms with Gasteiger partial charge in [0.25, 0.3) is 10.0 Å². The molecule has 9 heteroatoms. The molecular formula is C24H22ClN3O4S. The first-order valence-corrected chi connectivity index (χ1v) is 12.1. The highest BCUT2D eigenvalue weighted by atomic mass is 35.5. The van der Waals surface area contributed by atoms with Gasteiger partial charge in [-0.25, -0.2) is 18.2 Å². The third-order valence-corrected chi connectivity index (χ3v) is 7.36. The van der Waals surface area contributed by atoms with Crippen LogP contribution in [0.15, 0.2) is 71.8 Å². The smallest absolute Gasteiger partial charge is 0.339 e. The highest BCUT2D eigenvalue weighted by Crippen LogP contribution is 2.30. The molecule has 1 aromatic heterocycles. The van der Waals surface area contributed by atoms with Crippen LogP contribution in [0.1, 0.15) is 27.9 Å². The van der Waals surface area contributed by atoms with Crippen molar-refractivity contribution in [1.82, 2.24) is 4.98 Å². The van der Waals surface area contributed by atoms with E-state index >= 15 is 0 Å². The van der Waals surface area contributed by atoms with Crippen molar-refractivity contribution in [1.29, 1.82) is 0 Å². The van der Waals surface area contributed by atoms with E-state index in [1.165, 1.54) is 41.1 Å². The summed E-state index contributed by atoms with van der Waals surface area (Å²) in [5.74, 6) is -0.895. The van der Waals surface area contributed by atoms with E-state index in [1.807, 2.05) is 17.0 Å². The Morgan fingerprint density at radius 3 is 2.55 bits per heavy atom. The summed E-state index contributed by atoms with van der Waals surface area (Å²) in [4.78, 5) is 18.0. The highest BCUT2D eigenvalue weighted by Gasteiger charge is 2.23. The average molecular weight is 484 g/mol. The summed E-state index contributed by atoms with van der Waals surface area (Å²) >= 11 is 6.01. The predicted molar refractivity (Wildman–Crippen MR) is 129 cm³/mol. The van der Waals surface area contributed by atoms with Crippen molar-refractivity contribution in [2.75, 3.05) is 22.7 Å². The maximum absolute atomic E-state index is 12.7. The number of aromatic nitrogens is 1. The number of aromatic carboxylic acids is 1. The molecule has 0 atom stereocenters. The molecule has 170 valence electrons. The molecule has 33 heavy (non-hydrogen) atoms. The van der Waals surface area contributed by atoms with Gasteiger partial charge in [0.2, 0.25) is 0 Å². The molecule has 0 spiro atoms. The summed E-state index contributed by atoms with van der Waals surface area (Å²) in [5, 5.41) is 9.83. The Kier molecular flexibility index (Phi) is 6.40. The Morgan fingerprint density at radius 1 is 1.15 bits per heavy atom. The molecule has 0 aliphatic carbocycles. The van der Waals surface area contributed by atoms with Crippen molar-refractivity contribution in [2.45, 2.75) is 18.2 Å². The number of carboxylic acids is 1. The van der Waals surface area contributed by atoms with Gasteiger partial charge in [0.05, 0.1) is 16.9 Å². The molecule has 1 aliphatic heterocycles. The van der Waals surface area contributed by atoms with Crippen LogP contribution in [0.5, 0.6) is 0 Å². The quantitative estimate of drug-likeness (QED) is 0.520. The second-order valence-electron chi connectivity index (χ2n) is 7.68. The summed E-state index contributed by atoms with van der Waals surface area (Å²) in [6, 6.07) is 15.4. The summed E-state index contributed by atoms with van der Waals surface area (Å²) in [6.45, 7) is 3.16. The summed E-state index contributed by atoms with van der Waals surface area (Å²) in [5.41, 5.74) is 3.56. The molecule has 1 aliphatic rings. The van der Waals surface area contributed by atoms with Crippen LogP contribution in [-0.4, -0.2) is 37.6 Å². The van der Waals surface area contributed by atoms with Gasteiger partial charge in [0.15, 0.2) is 0 Å². The Hall–Kier alpha value is -3.36. The van der Waals surface area contributed by atoms with Gasteiger partial charge in [-0.15, -0.1) is 0 Å². The number of nitrogens with one attached hydrogen (secondary N) is 1. The van der Waals surface area contributed by atoms with Gasteiger partial charge in [-0.05, 0) is 48.2 Å². The van der Waals surface area contributed by atoms with Crippen LogP contribution in [0, 0.1) is 6.92 Å². The molecule has 2 N–H and O–H groups in total. The first-order chi connectivity index (χ1) is 15.8. The number of anilines is 2. The number of halogens is 1. The summed E-state index contributed by atoms with van der Waals surface area (Å²) in [7, 11) is -4.00. The van der Waals surface area contributed by atoms with Crippen LogP contribution in [0.4, 0.5) is 11.5 Å². The van der Waals surface area contributed by atoms with E-state index in [4.69, 9.17) is 11.6 Å². The number of pyridine rings is 1. The van der Waals surface area contributed by atoms with Crippen molar-refractivity contribution in [3.05, 3.63) is 88.6 Å². The van der Waals surface area contributed by atoms with Crippen LogP contribution >= 0.6 is 11.6 Å². The van der Waals surface area contributed by atoms with E-state index in [9.17, 15) is 18.3 Å². The molecule has 0 fully saturated rings. The molecule has 4 rings (SSSR count). The SMILES string of the molecule is Cc1ccccc1C1=CCN(c2ncc(NS(=O)(=O)c3ccccc3Cl)cc2C(=O)O)CC1. The second kappa shape index (κ2) is 9.25. The number of nitrogens with zero attached hydrogens (tertiary/aromatic N) is 2. The normalized spacial score (nSPS) is 14.0. The number of carbonyl (C=O) groups is 1. The third kappa shape index (κ3) is 4.86. The van der Waals surface area contributed by atoms with E-state index in [0.29, 0.717) is 18.9 Å². The van der Waals surface area contributed by atoms with Crippen LogP contribution in [0.2, 0.25) is 5.02 Å². The number of hydrogen-bond donors (Lipinski definition) is 2. The Morgan fingerprint density at radius 2 is 1.88 bits per heavy atom. The van der Waals surface area contributed by atoms with Crippen molar-refractivity contribution in [3.8, 4) is 0 Å². The first kappa shape index (κ1) is 22.8. The van der Waals surface area contributed by atoms with Crippen LogP contribution in [0.25, 0.3) is 5.57 Å². The lowest BCUT2D eigenvalue weighted by molar-refractivity contribution is 0.0697. The minimum atomic E-state index is -4.00. The number of carboxylic acid groups (broad SMARTS) is 1. The lowest BCUT2D eigenvalue weighted by Crippen LogP contribution is -2.31. The van der Waals surface area contributed by atoms with Crippen molar-refractivity contribution in [2.24, 2.45) is 0 Å². The predicted octanol–water partition coefficient (Wildman–Crippen LogP) is 4.84. The highest BCUT2D eigenvalue weighted by molar-refractivity contribution is 7.92. The second-order valence-corrected chi connectivity index (χ2v) is 9.73. The number of aryl methyl sites for hydroxylation is 1. The van der Waals surface area contributed by atoms with Gasteiger partial charge >= 0.3 is 5.97 Å². The fraction of sp³-hybridized carbons (Fsp3) is 0.167. The zero-order chi connectivity index (χ0) is 23.6. The number of benzene rings is 2. The van der Waals surface area contributed by atoms with E-state index in [-0.39, 0.29) is 21.2 Å². The lowest BCUT2D eigenvalue weighted by atomic mass is 9.95.